The first-order valence-electron chi connectivity index (χ1n) is 4.03. The monoisotopic (exact) mass is 199 g/mol. The Morgan fingerprint density at radius 3 is 2.21 bits per heavy atom. The fourth-order valence-corrected chi connectivity index (χ4v) is 1.20. The molecule has 0 saturated heterocycles. The van der Waals surface area contributed by atoms with E-state index in [0.29, 0.717) is 5.56 Å². The van der Waals surface area contributed by atoms with Gasteiger partial charge in [-0.05, 0) is 11.1 Å². The molecule has 0 atom stereocenters. The molecule has 0 radical (unpaired) electrons. The molecule has 0 aliphatic heterocycles. The van der Waals surface area contributed by atoms with Gasteiger partial charge >= 0.3 is 6.18 Å². The predicted octanol–water partition coefficient (Wildman–Crippen LogP) is 2.86. The van der Waals surface area contributed by atoms with Gasteiger partial charge in [-0.2, -0.15) is 18.4 Å². The summed E-state index contributed by atoms with van der Waals surface area (Å²) < 4.78 is 36.2. The summed E-state index contributed by atoms with van der Waals surface area (Å²) in [6.45, 7) is 0. The highest BCUT2D eigenvalue weighted by Crippen LogP contribution is 2.23. The van der Waals surface area contributed by atoms with Crippen LogP contribution in [0.25, 0.3) is 0 Å². The molecule has 0 saturated carbocycles. The van der Waals surface area contributed by atoms with Crippen LogP contribution in [0.2, 0.25) is 0 Å². The zero-order valence-corrected chi connectivity index (χ0v) is 7.30. The minimum Gasteiger partial charge on any atom is -0.198 e. The van der Waals surface area contributed by atoms with Crippen molar-refractivity contribution >= 4 is 0 Å². The molecule has 1 aromatic carbocycles. The molecule has 0 aromatic heterocycles. The Hall–Kier alpha value is -1.50. The summed E-state index contributed by atoms with van der Waals surface area (Å²) in [6.07, 6.45) is -5.16. The summed E-state index contributed by atoms with van der Waals surface area (Å²) in [5, 5.41) is 8.41. The lowest BCUT2D eigenvalue weighted by Crippen LogP contribution is -2.12. The highest BCUT2D eigenvalue weighted by molar-refractivity contribution is 5.29. The van der Waals surface area contributed by atoms with Crippen molar-refractivity contribution in [3.05, 3.63) is 35.4 Å². The molecule has 0 aliphatic carbocycles. The summed E-state index contributed by atoms with van der Waals surface area (Å²) >= 11 is 0. The van der Waals surface area contributed by atoms with Crippen molar-refractivity contribution in [3.8, 4) is 6.07 Å². The summed E-state index contributed by atoms with van der Waals surface area (Å²) in [5.41, 5.74) is 0.633. The SMILES string of the molecule is N#CCc1ccccc1CC(F)(F)F. The van der Waals surface area contributed by atoms with Crippen LogP contribution in [0.1, 0.15) is 11.1 Å². The van der Waals surface area contributed by atoms with Crippen LogP contribution in [0.3, 0.4) is 0 Å². The molecule has 1 aromatic rings. The van der Waals surface area contributed by atoms with Gasteiger partial charge in [-0.1, -0.05) is 24.3 Å². The predicted molar refractivity (Wildman–Crippen MR) is 45.5 cm³/mol. The molecule has 74 valence electrons. The second-order valence-electron chi connectivity index (χ2n) is 2.90. The molecule has 0 unspecified atom stereocenters. The van der Waals surface area contributed by atoms with Gasteiger partial charge in [0, 0.05) is 0 Å². The number of hydrogen-bond donors (Lipinski definition) is 0. The van der Waals surface area contributed by atoms with Crippen LogP contribution in [0.4, 0.5) is 13.2 Å². The van der Waals surface area contributed by atoms with Gasteiger partial charge in [0.1, 0.15) is 0 Å². The number of hydrogen-bond acceptors (Lipinski definition) is 1. The smallest absolute Gasteiger partial charge is 0.198 e. The fourth-order valence-electron chi connectivity index (χ4n) is 1.20. The van der Waals surface area contributed by atoms with E-state index in [1.54, 1.807) is 18.2 Å². The Morgan fingerprint density at radius 1 is 1.14 bits per heavy atom. The van der Waals surface area contributed by atoms with Crippen molar-refractivity contribution < 1.29 is 13.2 Å². The molecule has 1 rings (SSSR count). The quantitative estimate of drug-likeness (QED) is 0.718. The van der Waals surface area contributed by atoms with Crippen LogP contribution < -0.4 is 0 Å². The van der Waals surface area contributed by atoms with Gasteiger partial charge in [-0.15, -0.1) is 0 Å². The fraction of sp³-hybridized carbons (Fsp3) is 0.300. The lowest BCUT2D eigenvalue weighted by molar-refractivity contribution is -0.127. The summed E-state index contributed by atoms with van der Waals surface area (Å²) in [7, 11) is 0. The number of halogens is 3. The number of nitrogens with zero attached hydrogens (tertiary/aromatic N) is 1. The largest absolute Gasteiger partial charge is 0.393 e. The first kappa shape index (κ1) is 10.6. The van der Waals surface area contributed by atoms with Crippen LogP contribution in [0, 0.1) is 11.3 Å². The van der Waals surface area contributed by atoms with Crippen LogP contribution in [0.5, 0.6) is 0 Å². The Morgan fingerprint density at radius 2 is 1.71 bits per heavy atom. The van der Waals surface area contributed by atoms with Crippen molar-refractivity contribution in [2.24, 2.45) is 0 Å². The van der Waals surface area contributed by atoms with Crippen molar-refractivity contribution in [3.63, 3.8) is 0 Å². The zero-order chi connectivity index (χ0) is 10.6. The van der Waals surface area contributed by atoms with E-state index in [0.717, 1.165) is 0 Å². The third-order valence-corrected chi connectivity index (χ3v) is 1.78. The van der Waals surface area contributed by atoms with Crippen LogP contribution in [0.15, 0.2) is 24.3 Å². The molecule has 0 fully saturated rings. The van der Waals surface area contributed by atoms with E-state index < -0.39 is 12.6 Å². The van der Waals surface area contributed by atoms with Gasteiger partial charge < -0.3 is 0 Å². The van der Waals surface area contributed by atoms with E-state index in [1.807, 2.05) is 6.07 Å². The normalized spacial score (nSPS) is 11.0. The van der Waals surface area contributed by atoms with E-state index >= 15 is 0 Å². The molecule has 0 spiro atoms. The van der Waals surface area contributed by atoms with Gasteiger partial charge in [-0.3, -0.25) is 0 Å². The van der Waals surface area contributed by atoms with Crippen LogP contribution >= 0.6 is 0 Å². The standard InChI is InChI=1S/C10H8F3N/c11-10(12,13)7-9-4-2-1-3-8(9)5-6-14/h1-4H,5,7H2. The van der Waals surface area contributed by atoms with Crippen molar-refractivity contribution in [2.75, 3.05) is 0 Å². The Bertz CT molecular complexity index is 349. The molecule has 4 heteroatoms. The van der Waals surface area contributed by atoms with Gasteiger partial charge in [0.05, 0.1) is 18.9 Å². The summed E-state index contributed by atoms with van der Waals surface area (Å²) in [6, 6.07) is 7.97. The zero-order valence-electron chi connectivity index (χ0n) is 7.30. The van der Waals surface area contributed by atoms with E-state index in [9.17, 15) is 13.2 Å². The maximum atomic E-state index is 12.1. The summed E-state index contributed by atoms with van der Waals surface area (Å²) in [5.74, 6) is 0. The van der Waals surface area contributed by atoms with Crippen molar-refractivity contribution in [1.29, 1.82) is 5.26 Å². The number of benzene rings is 1. The third-order valence-electron chi connectivity index (χ3n) is 1.78. The van der Waals surface area contributed by atoms with Gasteiger partial charge in [0.15, 0.2) is 0 Å². The first-order valence-corrected chi connectivity index (χ1v) is 4.03. The van der Waals surface area contributed by atoms with Crippen molar-refractivity contribution in [2.45, 2.75) is 19.0 Å². The van der Waals surface area contributed by atoms with Gasteiger partial charge in [0.2, 0.25) is 0 Å². The van der Waals surface area contributed by atoms with Crippen LogP contribution in [-0.2, 0) is 12.8 Å². The molecular weight excluding hydrogens is 191 g/mol. The lowest BCUT2D eigenvalue weighted by atomic mass is 10.0. The second kappa shape index (κ2) is 4.14. The maximum Gasteiger partial charge on any atom is 0.393 e. The topological polar surface area (TPSA) is 23.8 Å². The first-order chi connectivity index (χ1) is 6.53. The van der Waals surface area contributed by atoms with E-state index in [4.69, 9.17) is 5.26 Å². The van der Waals surface area contributed by atoms with E-state index in [1.165, 1.54) is 6.07 Å². The average molecular weight is 199 g/mol. The lowest BCUT2D eigenvalue weighted by Gasteiger charge is -2.09. The minimum absolute atomic E-state index is 0.0201. The molecular formula is C10H8F3N. The molecule has 14 heavy (non-hydrogen) atoms. The van der Waals surface area contributed by atoms with Gasteiger partial charge in [-0.25, -0.2) is 0 Å². The molecule has 1 nitrogen and oxygen atoms in total. The molecule has 0 aliphatic rings. The molecule has 0 heterocycles. The Kier molecular flexibility index (Phi) is 3.13. The van der Waals surface area contributed by atoms with E-state index in [2.05, 4.69) is 0 Å². The number of alkyl halides is 3. The van der Waals surface area contributed by atoms with Gasteiger partial charge in [0.25, 0.3) is 0 Å². The van der Waals surface area contributed by atoms with E-state index in [-0.39, 0.29) is 12.0 Å². The van der Waals surface area contributed by atoms with Crippen LogP contribution in [-0.4, -0.2) is 6.18 Å². The highest BCUT2D eigenvalue weighted by atomic mass is 19.4. The highest BCUT2D eigenvalue weighted by Gasteiger charge is 2.28. The Labute approximate surface area is 79.8 Å². The maximum absolute atomic E-state index is 12.1. The second-order valence-corrected chi connectivity index (χ2v) is 2.90. The molecule has 0 bridgehead atoms. The Balaban J connectivity index is 2.91. The average Bonchev–Trinajstić information content (AvgIpc) is 2.06. The molecule has 0 amide bonds. The third kappa shape index (κ3) is 3.09. The molecule has 0 N–H and O–H groups in total. The summed E-state index contributed by atoms with van der Waals surface area (Å²) in [4.78, 5) is 0. The minimum atomic E-state index is -4.22. The number of nitriles is 1. The van der Waals surface area contributed by atoms with Crippen molar-refractivity contribution in [1.82, 2.24) is 0 Å². The number of rotatable bonds is 2.